The highest BCUT2D eigenvalue weighted by atomic mass is 14.0. The molecule has 0 heteroatoms. The molecular formula is C22H40. The molecule has 0 fully saturated rings. The van der Waals surface area contributed by atoms with E-state index >= 15 is 0 Å². The summed E-state index contributed by atoms with van der Waals surface area (Å²) >= 11 is 0. The minimum Gasteiger partial charge on any atom is -0.103 e. The third kappa shape index (κ3) is 17.0. The zero-order valence-corrected chi connectivity index (χ0v) is 15.8. The molecule has 0 saturated carbocycles. The number of rotatable bonds is 12. The predicted octanol–water partition coefficient (Wildman–Crippen LogP) is 8.18. The van der Waals surface area contributed by atoms with Crippen LogP contribution in [-0.2, 0) is 0 Å². The highest BCUT2D eigenvalue weighted by Crippen LogP contribution is 2.11. The van der Waals surface area contributed by atoms with E-state index in [0.717, 1.165) is 12.8 Å². The normalized spacial score (nSPS) is 10.5. The van der Waals surface area contributed by atoms with Crippen molar-refractivity contribution in [3.63, 3.8) is 0 Å². The maximum atomic E-state index is 3.71. The Kier molecular flexibility index (Phi) is 21.1. The van der Waals surface area contributed by atoms with E-state index in [1.165, 1.54) is 51.4 Å². The molecule has 0 nitrogen and oxygen atoms in total. The van der Waals surface area contributed by atoms with Crippen molar-refractivity contribution in [1.82, 2.24) is 0 Å². The van der Waals surface area contributed by atoms with E-state index < -0.39 is 0 Å². The van der Waals surface area contributed by atoms with Crippen LogP contribution in [0.3, 0.4) is 0 Å². The third-order valence-corrected chi connectivity index (χ3v) is 3.81. The van der Waals surface area contributed by atoms with Gasteiger partial charge < -0.3 is 0 Å². The standard InChI is InChI=1S/2C11H20/c1-4-7-8-9-10-11(5-2)6-3;1-4-7-8-10-11(6-3)9-5-2/h4,10H,1,5-9H2,2-3H3;4,9H,1,5-8,10H2,2-3H3/b;11-9+. The van der Waals surface area contributed by atoms with Crippen molar-refractivity contribution < 1.29 is 0 Å². The molecule has 0 radical (unpaired) electrons. The third-order valence-electron chi connectivity index (χ3n) is 3.81. The van der Waals surface area contributed by atoms with E-state index in [-0.39, 0.29) is 0 Å². The highest BCUT2D eigenvalue weighted by Gasteiger charge is 1.91. The quantitative estimate of drug-likeness (QED) is 0.252. The molecule has 0 N–H and O–H groups in total. The van der Waals surface area contributed by atoms with Gasteiger partial charge in [-0.05, 0) is 64.2 Å². The summed E-state index contributed by atoms with van der Waals surface area (Å²) in [7, 11) is 0. The summed E-state index contributed by atoms with van der Waals surface area (Å²) in [5.74, 6) is 0. The van der Waals surface area contributed by atoms with Crippen molar-refractivity contribution >= 4 is 0 Å². The number of unbranched alkanes of at least 4 members (excludes halogenated alkanes) is 3. The number of allylic oxidation sites excluding steroid dienone is 6. The second kappa shape index (κ2) is 20.0. The predicted molar refractivity (Wildman–Crippen MR) is 105 cm³/mol. The summed E-state index contributed by atoms with van der Waals surface area (Å²) < 4.78 is 0. The molecule has 0 atom stereocenters. The molecular weight excluding hydrogens is 264 g/mol. The van der Waals surface area contributed by atoms with Crippen molar-refractivity contribution in [1.29, 1.82) is 0 Å². The molecule has 0 aliphatic heterocycles. The lowest BCUT2D eigenvalue weighted by molar-refractivity contribution is 0.798. The van der Waals surface area contributed by atoms with E-state index in [9.17, 15) is 0 Å². The molecule has 0 saturated heterocycles. The fourth-order valence-corrected chi connectivity index (χ4v) is 2.29. The fraction of sp³-hybridized carbons (Fsp3) is 0.636. The van der Waals surface area contributed by atoms with Crippen molar-refractivity contribution in [2.45, 2.75) is 91.9 Å². The minimum atomic E-state index is 1.15. The zero-order chi connectivity index (χ0) is 17.1. The summed E-state index contributed by atoms with van der Waals surface area (Å²) in [6.07, 6.45) is 20.8. The highest BCUT2D eigenvalue weighted by molar-refractivity contribution is 5.01. The van der Waals surface area contributed by atoms with Crippen LogP contribution in [-0.4, -0.2) is 0 Å². The van der Waals surface area contributed by atoms with Crippen molar-refractivity contribution in [3.05, 3.63) is 48.6 Å². The van der Waals surface area contributed by atoms with Crippen molar-refractivity contribution in [3.8, 4) is 0 Å². The first-order valence-electron chi connectivity index (χ1n) is 9.27. The van der Waals surface area contributed by atoms with E-state index in [1.54, 1.807) is 11.1 Å². The van der Waals surface area contributed by atoms with E-state index in [1.807, 2.05) is 12.2 Å². The molecule has 0 amide bonds. The van der Waals surface area contributed by atoms with Gasteiger partial charge in [-0.25, -0.2) is 0 Å². The van der Waals surface area contributed by atoms with E-state index in [4.69, 9.17) is 0 Å². The van der Waals surface area contributed by atoms with Gasteiger partial charge in [0.1, 0.15) is 0 Å². The van der Waals surface area contributed by atoms with Crippen LogP contribution < -0.4 is 0 Å². The van der Waals surface area contributed by atoms with Gasteiger partial charge in [0, 0.05) is 0 Å². The molecule has 0 aromatic rings. The van der Waals surface area contributed by atoms with E-state index in [2.05, 4.69) is 53.0 Å². The van der Waals surface area contributed by atoms with Gasteiger partial charge in [0.25, 0.3) is 0 Å². The van der Waals surface area contributed by atoms with Gasteiger partial charge in [-0.3, -0.25) is 0 Å². The summed E-state index contributed by atoms with van der Waals surface area (Å²) in [6, 6.07) is 0. The monoisotopic (exact) mass is 304 g/mol. The van der Waals surface area contributed by atoms with Crippen LogP contribution in [0.4, 0.5) is 0 Å². The van der Waals surface area contributed by atoms with Crippen LogP contribution in [0.1, 0.15) is 91.9 Å². The lowest BCUT2D eigenvalue weighted by Crippen LogP contribution is -1.81. The summed E-state index contributed by atoms with van der Waals surface area (Å²) in [4.78, 5) is 0. The van der Waals surface area contributed by atoms with Crippen LogP contribution in [0.5, 0.6) is 0 Å². The van der Waals surface area contributed by atoms with Gasteiger partial charge in [0.15, 0.2) is 0 Å². The van der Waals surface area contributed by atoms with Crippen molar-refractivity contribution in [2.75, 3.05) is 0 Å². The zero-order valence-electron chi connectivity index (χ0n) is 15.8. The van der Waals surface area contributed by atoms with Crippen molar-refractivity contribution in [2.24, 2.45) is 0 Å². The molecule has 0 spiro atoms. The molecule has 128 valence electrons. The van der Waals surface area contributed by atoms with Gasteiger partial charge in [-0.2, -0.15) is 0 Å². The van der Waals surface area contributed by atoms with Gasteiger partial charge in [-0.15, -0.1) is 13.2 Å². The molecule has 0 aliphatic rings. The lowest BCUT2D eigenvalue weighted by atomic mass is 10.1. The van der Waals surface area contributed by atoms with Crippen LogP contribution in [0.15, 0.2) is 48.6 Å². The number of hydrogen-bond donors (Lipinski definition) is 0. The SMILES string of the molecule is C=CCCC/C(=C/CC)CC.C=CCCCC=C(CC)CC. The van der Waals surface area contributed by atoms with Crippen LogP contribution in [0, 0.1) is 0 Å². The van der Waals surface area contributed by atoms with Crippen LogP contribution in [0.25, 0.3) is 0 Å². The van der Waals surface area contributed by atoms with Crippen LogP contribution >= 0.6 is 0 Å². The molecule has 0 aromatic heterocycles. The number of hydrogen-bond acceptors (Lipinski definition) is 0. The maximum absolute atomic E-state index is 3.71. The topological polar surface area (TPSA) is 0 Å². The van der Waals surface area contributed by atoms with Gasteiger partial charge in [0.2, 0.25) is 0 Å². The molecule has 0 heterocycles. The average Bonchev–Trinajstić information content (AvgIpc) is 2.55. The molecule has 0 aromatic carbocycles. The first-order chi connectivity index (χ1) is 10.7. The Hall–Kier alpha value is -1.04. The Bertz CT molecular complexity index is 298. The van der Waals surface area contributed by atoms with Crippen LogP contribution in [0.2, 0.25) is 0 Å². The smallest absolute Gasteiger partial charge is 0.0317 e. The molecule has 0 rings (SSSR count). The van der Waals surface area contributed by atoms with Gasteiger partial charge in [0.05, 0.1) is 0 Å². The lowest BCUT2D eigenvalue weighted by Gasteiger charge is -2.01. The first kappa shape index (κ1) is 23.2. The Labute approximate surface area is 141 Å². The largest absolute Gasteiger partial charge is 0.103 e. The fourth-order valence-electron chi connectivity index (χ4n) is 2.29. The maximum Gasteiger partial charge on any atom is -0.0317 e. The average molecular weight is 305 g/mol. The molecule has 22 heavy (non-hydrogen) atoms. The van der Waals surface area contributed by atoms with Gasteiger partial charge >= 0.3 is 0 Å². The Morgan fingerprint density at radius 2 is 1.23 bits per heavy atom. The summed E-state index contributed by atoms with van der Waals surface area (Å²) in [6.45, 7) is 16.3. The summed E-state index contributed by atoms with van der Waals surface area (Å²) in [5, 5.41) is 0. The second-order valence-electron chi connectivity index (χ2n) is 5.59. The second-order valence-corrected chi connectivity index (χ2v) is 5.59. The Balaban J connectivity index is 0. The molecule has 0 bridgehead atoms. The Morgan fingerprint density at radius 1 is 0.682 bits per heavy atom. The molecule has 0 aliphatic carbocycles. The summed E-state index contributed by atoms with van der Waals surface area (Å²) in [5.41, 5.74) is 3.20. The first-order valence-corrected chi connectivity index (χ1v) is 9.27. The minimum absolute atomic E-state index is 1.15. The van der Waals surface area contributed by atoms with Gasteiger partial charge in [-0.1, -0.05) is 63.1 Å². The molecule has 0 unspecified atom stereocenters. The van der Waals surface area contributed by atoms with E-state index in [0.29, 0.717) is 0 Å². The Morgan fingerprint density at radius 3 is 1.68 bits per heavy atom.